The minimum Gasteiger partial charge on any atom is -0.454 e. The summed E-state index contributed by atoms with van der Waals surface area (Å²) in [7, 11) is 0. The second kappa shape index (κ2) is 10.4. The fraction of sp³-hybridized carbons (Fsp3) is 0.214. The number of carbonyl (C=O) groups is 2. The molecule has 4 aromatic rings. The van der Waals surface area contributed by atoms with Gasteiger partial charge in [-0.1, -0.05) is 54.6 Å². The van der Waals surface area contributed by atoms with Gasteiger partial charge in [0.2, 0.25) is 12.7 Å². The van der Waals surface area contributed by atoms with E-state index >= 15 is 0 Å². The number of ether oxygens (including phenoxy) is 3. The molecule has 3 aromatic carbocycles. The Kier molecular flexibility index (Phi) is 6.75. The molecule has 0 saturated carbocycles. The molecular formula is C28H27N3O5. The fourth-order valence-electron chi connectivity index (χ4n) is 4.22. The predicted molar refractivity (Wildman–Crippen MR) is 135 cm³/mol. The highest BCUT2D eigenvalue weighted by Crippen LogP contribution is 2.34. The van der Waals surface area contributed by atoms with Crippen molar-refractivity contribution in [2.45, 2.75) is 32.0 Å². The molecule has 2 atom stereocenters. The summed E-state index contributed by atoms with van der Waals surface area (Å²) in [5.41, 5.74) is 3.61. The van der Waals surface area contributed by atoms with Gasteiger partial charge in [0.05, 0.1) is 6.04 Å². The number of fused-ring (bicyclic) bond motifs is 2. The van der Waals surface area contributed by atoms with E-state index in [0.29, 0.717) is 17.9 Å². The van der Waals surface area contributed by atoms with Gasteiger partial charge >= 0.3 is 6.09 Å². The maximum atomic E-state index is 13.4. The molecule has 0 spiro atoms. The van der Waals surface area contributed by atoms with Crippen LogP contribution >= 0.6 is 0 Å². The van der Waals surface area contributed by atoms with Crippen LogP contribution in [0.15, 0.2) is 79.0 Å². The highest BCUT2D eigenvalue weighted by Gasteiger charge is 2.25. The molecule has 184 valence electrons. The Hall–Kier alpha value is -4.46. The molecule has 5 rings (SSSR count). The molecule has 1 aliphatic heterocycles. The van der Waals surface area contributed by atoms with E-state index in [4.69, 9.17) is 14.2 Å². The summed E-state index contributed by atoms with van der Waals surface area (Å²) in [6.45, 7) is 2.18. The van der Waals surface area contributed by atoms with E-state index in [1.54, 1.807) is 0 Å². The van der Waals surface area contributed by atoms with Gasteiger partial charge in [-0.25, -0.2) is 4.79 Å². The zero-order valence-electron chi connectivity index (χ0n) is 19.8. The standard InChI is InChI=1S/C28H27N3O5/c1-18(20-11-12-25-26(14-20)36-17-35-25)30-27(32)24(13-21-15-29-23-10-6-5-9-22(21)23)31-28(33)34-16-19-7-3-2-4-8-19/h2-12,14-15,18,24,29H,13,16-17H2,1H3,(H,30,32)(H,31,33). The van der Waals surface area contributed by atoms with Gasteiger partial charge in [0.15, 0.2) is 11.5 Å². The first-order valence-corrected chi connectivity index (χ1v) is 11.8. The second-order valence-electron chi connectivity index (χ2n) is 8.67. The monoisotopic (exact) mass is 485 g/mol. The maximum absolute atomic E-state index is 13.4. The summed E-state index contributed by atoms with van der Waals surface area (Å²) in [5, 5.41) is 6.77. The highest BCUT2D eigenvalue weighted by atomic mass is 16.7. The number of amides is 2. The fourth-order valence-corrected chi connectivity index (χ4v) is 4.22. The number of aromatic amines is 1. The van der Waals surface area contributed by atoms with Crippen molar-refractivity contribution in [3.63, 3.8) is 0 Å². The molecule has 8 nitrogen and oxygen atoms in total. The van der Waals surface area contributed by atoms with Crippen molar-refractivity contribution in [2.75, 3.05) is 6.79 Å². The van der Waals surface area contributed by atoms with Crippen molar-refractivity contribution in [1.29, 1.82) is 0 Å². The number of aromatic nitrogens is 1. The molecular weight excluding hydrogens is 458 g/mol. The predicted octanol–water partition coefficient (Wildman–Crippen LogP) is 4.61. The van der Waals surface area contributed by atoms with Crippen LogP contribution in [0.4, 0.5) is 4.79 Å². The third-order valence-electron chi connectivity index (χ3n) is 6.18. The van der Waals surface area contributed by atoms with Crippen LogP contribution in [0.2, 0.25) is 0 Å². The van der Waals surface area contributed by atoms with Crippen molar-refractivity contribution >= 4 is 22.9 Å². The zero-order chi connectivity index (χ0) is 24.9. The van der Waals surface area contributed by atoms with E-state index in [1.165, 1.54) is 0 Å². The van der Waals surface area contributed by atoms with E-state index < -0.39 is 12.1 Å². The molecule has 0 saturated heterocycles. The molecule has 0 radical (unpaired) electrons. The third-order valence-corrected chi connectivity index (χ3v) is 6.18. The molecule has 2 heterocycles. The molecule has 2 amide bonds. The maximum Gasteiger partial charge on any atom is 0.408 e. The third kappa shape index (κ3) is 5.27. The van der Waals surface area contributed by atoms with Crippen LogP contribution in [0.3, 0.4) is 0 Å². The largest absolute Gasteiger partial charge is 0.454 e. The van der Waals surface area contributed by atoms with Crippen LogP contribution in [0, 0.1) is 0 Å². The Bertz CT molecular complexity index is 1370. The summed E-state index contributed by atoms with van der Waals surface area (Å²) in [6, 6.07) is 21.6. The van der Waals surface area contributed by atoms with E-state index in [9.17, 15) is 9.59 Å². The first-order chi connectivity index (χ1) is 17.6. The number of nitrogens with one attached hydrogen (secondary N) is 3. The molecule has 1 aromatic heterocycles. The Labute approximate surface area is 208 Å². The van der Waals surface area contributed by atoms with Crippen LogP contribution in [0.1, 0.15) is 29.7 Å². The molecule has 0 aliphatic carbocycles. The molecule has 0 fully saturated rings. The summed E-state index contributed by atoms with van der Waals surface area (Å²) < 4.78 is 16.2. The minimum atomic E-state index is -0.844. The van der Waals surface area contributed by atoms with Crippen molar-refractivity contribution in [3.05, 3.63) is 95.7 Å². The Balaban J connectivity index is 1.30. The van der Waals surface area contributed by atoms with Crippen LogP contribution in [0.5, 0.6) is 11.5 Å². The number of carbonyl (C=O) groups excluding carboxylic acids is 2. The number of H-pyrrole nitrogens is 1. The number of alkyl carbamates (subject to hydrolysis) is 1. The van der Waals surface area contributed by atoms with Crippen molar-refractivity contribution < 1.29 is 23.8 Å². The van der Waals surface area contributed by atoms with Crippen molar-refractivity contribution in [3.8, 4) is 11.5 Å². The van der Waals surface area contributed by atoms with E-state index in [2.05, 4.69) is 15.6 Å². The lowest BCUT2D eigenvalue weighted by Gasteiger charge is -2.21. The Morgan fingerprint density at radius 1 is 0.972 bits per heavy atom. The molecule has 3 N–H and O–H groups in total. The average molecular weight is 486 g/mol. The van der Waals surface area contributed by atoms with Gasteiger partial charge in [0, 0.05) is 23.5 Å². The summed E-state index contributed by atoms with van der Waals surface area (Å²) >= 11 is 0. The summed E-state index contributed by atoms with van der Waals surface area (Å²) in [4.78, 5) is 29.3. The molecule has 1 aliphatic rings. The Morgan fingerprint density at radius 2 is 1.75 bits per heavy atom. The topological polar surface area (TPSA) is 102 Å². The van der Waals surface area contributed by atoms with Crippen LogP contribution in [0.25, 0.3) is 10.9 Å². The normalized spacial score (nSPS) is 13.7. The van der Waals surface area contributed by atoms with Crippen LogP contribution < -0.4 is 20.1 Å². The molecule has 8 heteroatoms. The van der Waals surface area contributed by atoms with Crippen LogP contribution in [-0.2, 0) is 22.6 Å². The van der Waals surface area contributed by atoms with Crippen molar-refractivity contribution in [2.24, 2.45) is 0 Å². The lowest BCUT2D eigenvalue weighted by Crippen LogP contribution is -2.48. The molecule has 0 bridgehead atoms. The number of para-hydroxylation sites is 1. The lowest BCUT2D eigenvalue weighted by atomic mass is 10.0. The highest BCUT2D eigenvalue weighted by molar-refractivity contribution is 5.88. The molecule has 36 heavy (non-hydrogen) atoms. The quantitative estimate of drug-likeness (QED) is 0.338. The van der Waals surface area contributed by atoms with Gasteiger partial charge < -0.3 is 29.8 Å². The van der Waals surface area contributed by atoms with Gasteiger partial charge in [0.25, 0.3) is 0 Å². The average Bonchev–Trinajstić information content (AvgIpc) is 3.54. The lowest BCUT2D eigenvalue weighted by molar-refractivity contribution is -0.123. The first-order valence-electron chi connectivity index (χ1n) is 11.8. The molecule has 2 unspecified atom stereocenters. The van der Waals surface area contributed by atoms with E-state index in [1.807, 2.05) is 85.9 Å². The van der Waals surface area contributed by atoms with Gasteiger partial charge in [0.1, 0.15) is 12.6 Å². The number of hydrogen-bond donors (Lipinski definition) is 3. The van der Waals surface area contributed by atoms with Gasteiger partial charge in [-0.2, -0.15) is 0 Å². The van der Waals surface area contributed by atoms with E-state index in [0.717, 1.165) is 27.6 Å². The number of rotatable bonds is 8. The Morgan fingerprint density at radius 3 is 2.61 bits per heavy atom. The van der Waals surface area contributed by atoms with Crippen LogP contribution in [-0.4, -0.2) is 29.8 Å². The summed E-state index contributed by atoms with van der Waals surface area (Å²) in [5.74, 6) is 1.01. The second-order valence-corrected chi connectivity index (χ2v) is 8.67. The van der Waals surface area contributed by atoms with E-state index in [-0.39, 0.29) is 25.3 Å². The number of benzene rings is 3. The van der Waals surface area contributed by atoms with Gasteiger partial charge in [-0.3, -0.25) is 4.79 Å². The SMILES string of the molecule is CC(NC(=O)C(Cc1c[nH]c2ccccc12)NC(=O)OCc1ccccc1)c1ccc2c(c1)OCO2. The van der Waals surface area contributed by atoms with Gasteiger partial charge in [-0.05, 0) is 41.8 Å². The zero-order valence-corrected chi connectivity index (χ0v) is 19.8. The minimum absolute atomic E-state index is 0.113. The number of hydrogen-bond acceptors (Lipinski definition) is 5. The first kappa shape index (κ1) is 23.3. The van der Waals surface area contributed by atoms with Crippen molar-refractivity contribution in [1.82, 2.24) is 15.6 Å². The smallest absolute Gasteiger partial charge is 0.408 e. The van der Waals surface area contributed by atoms with Gasteiger partial charge in [-0.15, -0.1) is 0 Å². The summed E-state index contributed by atoms with van der Waals surface area (Å²) in [6.07, 6.45) is 1.50.